The number of aliphatic imine (C=N–C) groups is 1. The predicted molar refractivity (Wildman–Crippen MR) is 108 cm³/mol. The van der Waals surface area contributed by atoms with E-state index in [1.165, 1.54) is 6.07 Å². The summed E-state index contributed by atoms with van der Waals surface area (Å²) >= 11 is 0. The first kappa shape index (κ1) is 20.2. The Labute approximate surface area is 165 Å². The molecule has 0 spiro atoms. The van der Waals surface area contributed by atoms with Crippen molar-refractivity contribution >= 4 is 35.8 Å². The highest BCUT2D eigenvalue weighted by atomic mass is 127. The number of aliphatic hydroxyl groups is 1. The van der Waals surface area contributed by atoms with E-state index in [2.05, 4.69) is 20.6 Å². The highest BCUT2D eigenvalue weighted by Crippen LogP contribution is 2.45. The lowest BCUT2D eigenvalue weighted by Gasteiger charge is -2.20. The molecule has 8 heteroatoms. The van der Waals surface area contributed by atoms with Crippen molar-refractivity contribution in [2.24, 2.45) is 10.4 Å². The normalized spacial score (nSPS) is 21.6. The Morgan fingerprint density at radius 2 is 2.32 bits per heavy atom. The molecule has 2 fully saturated rings. The monoisotopic (exact) mass is 463 g/mol. The van der Waals surface area contributed by atoms with Crippen LogP contribution in [0.25, 0.3) is 0 Å². The van der Waals surface area contributed by atoms with Crippen molar-refractivity contribution in [1.29, 1.82) is 0 Å². The summed E-state index contributed by atoms with van der Waals surface area (Å²) in [5.74, 6) is 0.906. The first-order chi connectivity index (χ1) is 11.7. The maximum Gasteiger partial charge on any atom is 0.191 e. The molecule has 2 aliphatic rings. The molecule has 1 aromatic heterocycles. The fraction of sp³-hybridized carbons (Fsp3) is 0.647. The van der Waals surface area contributed by atoms with Crippen molar-refractivity contribution in [2.75, 3.05) is 37.7 Å². The van der Waals surface area contributed by atoms with Crippen molar-refractivity contribution < 1.29 is 9.50 Å². The van der Waals surface area contributed by atoms with Gasteiger partial charge in [-0.25, -0.2) is 9.37 Å². The van der Waals surface area contributed by atoms with Crippen molar-refractivity contribution in [3.63, 3.8) is 0 Å². The molecule has 140 valence electrons. The van der Waals surface area contributed by atoms with E-state index in [0.717, 1.165) is 38.3 Å². The van der Waals surface area contributed by atoms with Gasteiger partial charge < -0.3 is 20.6 Å². The van der Waals surface area contributed by atoms with Gasteiger partial charge in [-0.2, -0.15) is 0 Å². The van der Waals surface area contributed by atoms with E-state index in [9.17, 15) is 9.50 Å². The minimum Gasteiger partial charge on any atom is -0.396 e. The van der Waals surface area contributed by atoms with Crippen molar-refractivity contribution in [1.82, 2.24) is 15.6 Å². The van der Waals surface area contributed by atoms with E-state index < -0.39 is 0 Å². The molecule has 2 heterocycles. The largest absolute Gasteiger partial charge is 0.396 e. The molecule has 25 heavy (non-hydrogen) atoms. The molecule has 0 radical (unpaired) electrons. The number of hydrogen-bond donors (Lipinski definition) is 3. The summed E-state index contributed by atoms with van der Waals surface area (Å²) in [6.07, 6.45) is 4.62. The second-order valence-corrected chi connectivity index (χ2v) is 6.74. The molecule has 1 aliphatic carbocycles. The van der Waals surface area contributed by atoms with Gasteiger partial charge in [0.15, 0.2) is 17.6 Å². The lowest BCUT2D eigenvalue weighted by atomic mass is 10.1. The van der Waals surface area contributed by atoms with Crippen LogP contribution in [-0.2, 0) is 0 Å². The number of halogens is 2. The smallest absolute Gasteiger partial charge is 0.191 e. The molecule has 3 N–H and O–H groups in total. The molecule has 0 aromatic carbocycles. The number of guanidine groups is 1. The summed E-state index contributed by atoms with van der Waals surface area (Å²) in [6, 6.07) is 3.25. The van der Waals surface area contributed by atoms with E-state index in [4.69, 9.17) is 0 Å². The number of rotatable bonds is 6. The molecule has 1 aromatic rings. The number of nitrogens with one attached hydrogen (secondary N) is 2. The zero-order valence-electron chi connectivity index (χ0n) is 14.5. The quantitative estimate of drug-likeness (QED) is 0.341. The van der Waals surface area contributed by atoms with Crippen LogP contribution < -0.4 is 15.5 Å². The Bertz CT molecular complexity index is 596. The van der Waals surface area contributed by atoms with Crippen LogP contribution in [0.1, 0.15) is 26.2 Å². The van der Waals surface area contributed by atoms with Crippen molar-refractivity contribution in [3.05, 3.63) is 24.1 Å². The zero-order chi connectivity index (χ0) is 17.0. The van der Waals surface area contributed by atoms with Gasteiger partial charge in [-0.15, -0.1) is 24.0 Å². The highest BCUT2D eigenvalue weighted by Gasteiger charge is 2.41. The number of anilines is 1. The maximum absolute atomic E-state index is 13.9. The zero-order valence-corrected chi connectivity index (χ0v) is 16.9. The van der Waals surface area contributed by atoms with Gasteiger partial charge in [0.1, 0.15) is 0 Å². The van der Waals surface area contributed by atoms with Crippen LogP contribution in [0.5, 0.6) is 0 Å². The SMILES string of the molecule is CCNC(=NCC1(CO)CC1)NC1CCN(c2ncccc2F)C1.I. The van der Waals surface area contributed by atoms with Crippen LogP contribution >= 0.6 is 24.0 Å². The van der Waals surface area contributed by atoms with Crippen molar-refractivity contribution in [3.8, 4) is 0 Å². The minimum absolute atomic E-state index is 0. The van der Waals surface area contributed by atoms with Gasteiger partial charge in [-0.3, -0.25) is 4.99 Å². The number of aromatic nitrogens is 1. The molecule has 1 saturated heterocycles. The molecule has 3 rings (SSSR count). The summed E-state index contributed by atoms with van der Waals surface area (Å²) in [5, 5.41) is 16.1. The fourth-order valence-electron chi connectivity index (χ4n) is 2.98. The summed E-state index contributed by atoms with van der Waals surface area (Å²) in [4.78, 5) is 10.7. The van der Waals surface area contributed by atoms with Crippen LogP contribution in [0, 0.1) is 11.2 Å². The Morgan fingerprint density at radius 3 is 2.96 bits per heavy atom. The molecule has 0 amide bonds. The standard InChI is InChI=1S/C17H26FN5O.HI/c1-2-19-16(21-11-17(12-24)6-7-17)22-13-5-9-23(10-13)15-14(18)4-3-8-20-15;/h3-4,8,13,24H,2,5-7,9-12H2,1H3,(H2,19,21,22);1H. The number of pyridine rings is 1. The first-order valence-electron chi connectivity index (χ1n) is 8.67. The highest BCUT2D eigenvalue weighted by molar-refractivity contribution is 14.0. The maximum atomic E-state index is 13.9. The molecular weight excluding hydrogens is 436 g/mol. The third-order valence-corrected chi connectivity index (χ3v) is 4.78. The topological polar surface area (TPSA) is 72.8 Å². The Balaban J connectivity index is 0.00000225. The molecule has 6 nitrogen and oxygen atoms in total. The molecule has 0 bridgehead atoms. The molecule has 1 aliphatic heterocycles. The average molecular weight is 463 g/mol. The van der Waals surface area contributed by atoms with Crippen LogP contribution in [0.15, 0.2) is 23.3 Å². The number of hydrogen-bond acceptors (Lipinski definition) is 4. The minimum atomic E-state index is -0.280. The van der Waals surface area contributed by atoms with Gasteiger partial charge in [-0.05, 0) is 38.3 Å². The first-order valence-corrected chi connectivity index (χ1v) is 8.67. The van der Waals surface area contributed by atoms with Gasteiger partial charge in [0.25, 0.3) is 0 Å². The summed E-state index contributed by atoms with van der Waals surface area (Å²) in [6.45, 7) is 5.12. The van der Waals surface area contributed by atoms with Gasteiger partial charge >= 0.3 is 0 Å². The fourth-order valence-corrected chi connectivity index (χ4v) is 2.98. The van der Waals surface area contributed by atoms with Crippen LogP contribution in [0.3, 0.4) is 0 Å². The number of aliphatic hydroxyl groups excluding tert-OH is 1. The van der Waals surface area contributed by atoms with Gasteiger partial charge in [0, 0.05) is 37.3 Å². The van der Waals surface area contributed by atoms with E-state index >= 15 is 0 Å². The summed E-state index contributed by atoms with van der Waals surface area (Å²) in [5.41, 5.74) is 0.00114. The van der Waals surface area contributed by atoms with E-state index in [1.807, 2.05) is 11.8 Å². The van der Waals surface area contributed by atoms with E-state index in [1.54, 1.807) is 12.3 Å². The molecule has 1 saturated carbocycles. The second kappa shape index (κ2) is 8.98. The average Bonchev–Trinajstić information content (AvgIpc) is 3.24. The van der Waals surface area contributed by atoms with Crippen LogP contribution in [0.2, 0.25) is 0 Å². The summed E-state index contributed by atoms with van der Waals surface area (Å²) in [7, 11) is 0. The molecule has 1 atom stereocenters. The Hall–Kier alpha value is -1.16. The lowest BCUT2D eigenvalue weighted by Crippen LogP contribution is -2.45. The van der Waals surface area contributed by atoms with Gasteiger partial charge in [-0.1, -0.05) is 0 Å². The molecule has 1 unspecified atom stereocenters. The van der Waals surface area contributed by atoms with Crippen molar-refractivity contribution in [2.45, 2.75) is 32.2 Å². The lowest BCUT2D eigenvalue weighted by molar-refractivity contribution is 0.217. The van der Waals surface area contributed by atoms with Gasteiger partial charge in [0.05, 0.1) is 13.2 Å². The Kier molecular flexibility index (Phi) is 7.24. The number of nitrogens with zero attached hydrogens (tertiary/aromatic N) is 3. The summed E-state index contributed by atoms with van der Waals surface area (Å²) < 4.78 is 13.9. The third-order valence-electron chi connectivity index (χ3n) is 4.78. The van der Waals surface area contributed by atoms with Gasteiger partial charge in [0.2, 0.25) is 0 Å². The third kappa shape index (κ3) is 5.16. The predicted octanol–water partition coefficient (Wildman–Crippen LogP) is 1.75. The van der Waals surface area contributed by atoms with Crippen LogP contribution in [-0.4, -0.2) is 54.9 Å². The van der Waals surface area contributed by atoms with E-state index in [-0.39, 0.29) is 47.9 Å². The van der Waals surface area contributed by atoms with E-state index in [0.29, 0.717) is 18.9 Å². The Morgan fingerprint density at radius 1 is 1.52 bits per heavy atom. The van der Waals surface area contributed by atoms with Crippen LogP contribution in [0.4, 0.5) is 10.2 Å². The molecular formula is C17H27FIN5O. The second-order valence-electron chi connectivity index (χ2n) is 6.74.